The number of aromatic nitrogens is 2. The lowest BCUT2D eigenvalue weighted by Gasteiger charge is -2.47. The highest BCUT2D eigenvalue weighted by atomic mass is 16.5. The van der Waals surface area contributed by atoms with Gasteiger partial charge in [-0.15, -0.1) is 0 Å². The number of piperidine rings is 1. The van der Waals surface area contributed by atoms with Crippen LogP contribution in [0.2, 0.25) is 0 Å². The number of carbonyl (C=O) groups is 1. The van der Waals surface area contributed by atoms with Crippen molar-refractivity contribution in [3.8, 4) is 5.88 Å². The zero-order valence-corrected chi connectivity index (χ0v) is 17.2. The largest absolute Gasteiger partial charge is 0.477 e. The first-order valence-electron chi connectivity index (χ1n) is 10.2. The Kier molecular flexibility index (Phi) is 5.41. The molecule has 2 bridgehead atoms. The fourth-order valence-electron chi connectivity index (χ4n) is 4.79. The number of likely N-dealkylation sites (N-methyl/N-ethyl adjacent to an activating group) is 1. The van der Waals surface area contributed by atoms with Gasteiger partial charge < -0.3 is 19.1 Å². The first kappa shape index (κ1) is 19.6. The average molecular weight is 396 g/mol. The van der Waals surface area contributed by atoms with Crippen molar-refractivity contribution < 1.29 is 9.53 Å². The number of carbonyl (C=O) groups excluding carboxylic acids is 1. The molecule has 0 aromatic carbocycles. The molecule has 7 heteroatoms. The third kappa shape index (κ3) is 3.67. The van der Waals surface area contributed by atoms with E-state index in [1.807, 2.05) is 42.6 Å². The molecule has 1 saturated heterocycles. The molecule has 0 radical (unpaired) electrons. The second-order valence-electron chi connectivity index (χ2n) is 8.18. The van der Waals surface area contributed by atoms with E-state index >= 15 is 0 Å². The number of ether oxygens (including phenoxy) is 1. The van der Waals surface area contributed by atoms with Gasteiger partial charge in [0.1, 0.15) is 5.56 Å². The van der Waals surface area contributed by atoms with Crippen molar-refractivity contribution in [1.29, 1.82) is 0 Å². The Morgan fingerprint density at radius 2 is 2.07 bits per heavy atom. The summed E-state index contributed by atoms with van der Waals surface area (Å²) < 4.78 is 7.55. The van der Waals surface area contributed by atoms with Gasteiger partial charge in [-0.1, -0.05) is 6.07 Å². The van der Waals surface area contributed by atoms with Crippen LogP contribution in [0.1, 0.15) is 41.4 Å². The summed E-state index contributed by atoms with van der Waals surface area (Å²) in [5.41, 5.74) is 1.59. The smallest absolute Gasteiger partial charge is 0.259 e. The van der Waals surface area contributed by atoms with Gasteiger partial charge in [0.25, 0.3) is 11.5 Å². The maximum absolute atomic E-state index is 13.4. The molecule has 7 nitrogen and oxygen atoms in total. The van der Waals surface area contributed by atoms with E-state index in [1.54, 1.807) is 24.4 Å². The van der Waals surface area contributed by atoms with Gasteiger partial charge in [-0.3, -0.25) is 9.59 Å². The number of hydrogen-bond donors (Lipinski definition) is 0. The molecule has 2 aromatic rings. The Hall–Kier alpha value is -2.67. The predicted molar refractivity (Wildman–Crippen MR) is 110 cm³/mol. The first-order valence-corrected chi connectivity index (χ1v) is 10.2. The van der Waals surface area contributed by atoms with Crippen molar-refractivity contribution in [2.45, 2.75) is 25.3 Å². The zero-order chi connectivity index (χ0) is 20.5. The highest BCUT2D eigenvalue weighted by Gasteiger charge is 2.42. The van der Waals surface area contributed by atoms with E-state index in [2.05, 4.69) is 9.88 Å². The Bertz CT molecular complexity index is 955. The van der Waals surface area contributed by atoms with E-state index in [9.17, 15) is 9.59 Å². The van der Waals surface area contributed by atoms with Gasteiger partial charge >= 0.3 is 0 Å². The molecule has 154 valence electrons. The third-order valence-electron chi connectivity index (χ3n) is 5.92. The summed E-state index contributed by atoms with van der Waals surface area (Å²) in [6.45, 7) is 4.36. The number of hydrogen-bond acceptors (Lipinski definition) is 5. The minimum Gasteiger partial charge on any atom is -0.477 e. The maximum Gasteiger partial charge on any atom is 0.259 e. The van der Waals surface area contributed by atoms with Gasteiger partial charge in [0.15, 0.2) is 0 Å². The minimum atomic E-state index is -0.0495. The van der Waals surface area contributed by atoms with Crippen LogP contribution in [-0.4, -0.2) is 65.6 Å². The van der Waals surface area contributed by atoms with Crippen LogP contribution in [0.15, 0.2) is 41.3 Å². The van der Waals surface area contributed by atoms with Gasteiger partial charge in [0.2, 0.25) is 5.88 Å². The van der Waals surface area contributed by atoms with Crippen LogP contribution in [0.5, 0.6) is 5.88 Å². The summed E-state index contributed by atoms with van der Waals surface area (Å²) in [4.78, 5) is 34.3. The normalized spacial score (nSPS) is 23.0. The Morgan fingerprint density at radius 1 is 1.24 bits per heavy atom. The van der Waals surface area contributed by atoms with Crippen LogP contribution in [-0.2, 0) is 0 Å². The van der Waals surface area contributed by atoms with E-state index in [4.69, 9.17) is 4.74 Å². The molecular weight excluding hydrogens is 368 g/mol. The second-order valence-corrected chi connectivity index (χ2v) is 8.18. The topological polar surface area (TPSA) is 67.7 Å². The van der Waals surface area contributed by atoms with Crippen molar-refractivity contribution in [2.75, 3.05) is 40.3 Å². The monoisotopic (exact) mass is 396 g/mol. The van der Waals surface area contributed by atoms with E-state index in [-0.39, 0.29) is 29.3 Å². The van der Waals surface area contributed by atoms with Crippen LogP contribution < -0.4 is 10.3 Å². The van der Waals surface area contributed by atoms with E-state index in [1.165, 1.54) is 0 Å². The minimum absolute atomic E-state index is 0.0495. The highest BCUT2D eigenvalue weighted by Crippen LogP contribution is 2.41. The van der Waals surface area contributed by atoms with Gasteiger partial charge in [0.05, 0.1) is 12.6 Å². The summed E-state index contributed by atoms with van der Waals surface area (Å²) in [6, 6.07) is 9.11. The van der Waals surface area contributed by atoms with E-state index in [0.717, 1.165) is 18.7 Å². The van der Waals surface area contributed by atoms with Gasteiger partial charge in [-0.2, -0.15) is 0 Å². The number of fused-ring (bicyclic) bond motifs is 4. The zero-order valence-electron chi connectivity index (χ0n) is 17.2. The van der Waals surface area contributed by atoms with Crippen molar-refractivity contribution in [3.05, 3.63) is 58.1 Å². The number of likely N-dealkylation sites (tertiary alicyclic amines) is 1. The molecule has 3 atom stereocenters. The average Bonchev–Trinajstić information content (AvgIpc) is 2.71. The lowest BCUT2D eigenvalue weighted by atomic mass is 9.78. The van der Waals surface area contributed by atoms with Gasteiger partial charge in [0, 0.05) is 43.5 Å². The molecule has 1 fully saturated rings. The molecule has 0 unspecified atom stereocenters. The number of nitrogens with zero attached hydrogens (tertiary/aromatic N) is 4. The van der Waals surface area contributed by atoms with Crippen LogP contribution in [0.4, 0.5) is 0 Å². The highest BCUT2D eigenvalue weighted by molar-refractivity contribution is 5.96. The summed E-state index contributed by atoms with van der Waals surface area (Å²) in [7, 11) is 4.05. The molecule has 29 heavy (non-hydrogen) atoms. The van der Waals surface area contributed by atoms with Crippen LogP contribution in [0.25, 0.3) is 0 Å². The molecule has 4 rings (SSSR count). The molecular formula is C22H28N4O3. The summed E-state index contributed by atoms with van der Waals surface area (Å²) in [6.07, 6.45) is 2.64. The first-order chi connectivity index (χ1) is 14.0. The van der Waals surface area contributed by atoms with Crippen LogP contribution in [0.3, 0.4) is 0 Å². The van der Waals surface area contributed by atoms with Crippen molar-refractivity contribution >= 4 is 5.91 Å². The summed E-state index contributed by atoms with van der Waals surface area (Å²) in [5.74, 6) is 0.737. The maximum atomic E-state index is 13.4. The number of amides is 1. The Balaban J connectivity index is 1.68. The fraction of sp³-hybridized carbons (Fsp3) is 0.500. The summed E-state index contributed by atoms with van der Waals surface area (Å²) >= 11 is 0. The lowest BCUT2D eigenvalue weighted by Crippen LogP contribution is -2.52. The van der Waals surface area contributed by atoms with Gasteiger partial charge in [-0.25, -0.2) is 4.98 Å². The second kappa shape index (κ2) is 7.99. The van der Waals surface area contributed by atoms with E-state index in [0.29, 0.717) is 31.1 Å². The lowest BCUT2D eigenvalue weighted by molar-refractivity contribution is 0.0494. The molecule has 4 heterocycles. The molecule has 0 saturated carbocycles. The predicted octanol–water partition coefficient (Wildman–Crippen LogP) is 2.00. The molecule has 2 aliphatic heterocycles. The van der Waals surface area contributed by atoms with Crippen LogP contribution >= 0.6 is 0 Å². The molecule has 0 aliphatic carbocycles. The summed E-state index contributed by atoms with van der Waals surface area (Å²) in [5, 5.41) is 0. The van der Waals surface area contributed by atoms with Crippen molar-refractivity contribution in [3.63, 3.8) is 0 Å². The molecule has 2 aromatic heterocycles. The molecule has 0 N–H and O–H groups in total. The number of rotatable bonds is 5. The van der Waals surface area contributed by atoms with Gasteiger partial charge in [-0.05, 0) is 51.6 Å². The molecule has 2 aliphatic rings. The molecule has 0 spiro atoms. The third-order valence-corrected chi connectivity index (χ3v) is 5.92. The fourth-order valence-corrected chi connectivity index (χ4v) is 4.79. The van der Waals surface area contributed by atoms with E-state index < -0.39 is 0 Å². The van der Waals surface area contributed by atoms with Crippen molar-refractivity contribution in [2.24, 2.45) is 5.92 Å². The Labute approximate surface area is 170 Å². The standard InChI is InChI=1S/C22H28N4O3/c1-4-29-21-17(7-6-10-23-21)22(28)25-12-15-11-16(13-25)19(14-24(2)3)26-18(15)8-5-9-20(26)27/h5-10,15-16,19H,4,11-14H2,1-3H3/t15-,16+,19+/m1/s1. The molecule has 1 amide bonds. The quantitative estimate of drug-likeness (QED) is 0.773. The Morgan fingerprint density at radius 3 is 2.83 bits per heavy atom. The SMILES string of the molecule is CCOc1ncccc1C(=O)N1C[C@H]2C[C@@H](C1)[C@H](CN(C)C)n1c2cccc1=O. The number of pyridine rings is 2. The van der Waals surface area contributed by atoms with Crippen LogP contribution in [0, 0.1) is 5.92 Å². The van der Waals surface area contributed by atoms with Crippen molar-refractivity contribution in [1.82, 2.24) is 19.4 Å².